The molecule has 28 heavy (non-hydrogen) atoms. The SMILES string of the molecule is O=c1ccn(CC(O)CN2CCOCC2)c(=O)n1CC(O)CN1CCOCC1. The van der Waals surface area contributed by atoms with Gasteiger partial charge in [-0.2, -0.15) is 0 Å². The lowest BCUT2D eigenvalue weighted by molar-refractivity contribution is 0.00983. The number of β-amino-alcohol motifs (C(OH)–C–C–N with tert-alkyl or cyclic N) is 2. The van der Waals surface area contributed by atoms with Crippen LogP contribution in [0, 0.1) is 0 Å². The van der Waals surface area contributed by atoms with E-state index in [4.69, 9.17) is 9.47 Å². The molecular weight excluding hydrogens is 368 g/mol. The van der Waals surface area contributed by atoms with Crippen LogP contribution >= 0.6 is 0 Å². The number of hydrogen-bond acceptors (Lipinski definition) is 8. The summed E-state index contributed by atoms with van der Waals surface area (Å²) >= 11 is 0. The summed E-state index contributed by atoms with van der Waals surface area (Å²) in [6.07, 6.45) is -0.171. The Hall–Kier alpha value is -1.56. The van der Waals surface area contributed by atoms with Crippen molar-refractivity contribution >= 4 is 0 Å². The molecule has 0 aliphatic carbocycles. The van der Waals surface area contributed by atoms with E-state index in [1.807, 2.05) is 4.90 Å². The Kier molecular flexibility index (Phi) is 7.77. The van der Waals surface area contributed by atoms with E-state index in [-0.39, 0.29) is 13.1 Å². The van der Waals surface area contributed by atoms with Crippen LogP contribution in [-0.2, 0) is 22.6 Å². The highest BCUT2D eigenvalue weighted by Crippen LogP contribution is 2.01. The maximum Gasteiger partial charge on any atom is 0.331 e. The standard InChI is InChI=1S/C18H30N4O6/c23-15(11-19-3-7-27-8-4-19)13-21-2-1-17(25)22(18(21)26)14-16(24)12-20-5-9-28-10-6-20/h1-2,15-16,23-24H,3-14H2. The monoisotopic (exact) mass is 398 g/mol. The second-order valence-electron chi connectivity index (χ2n) is 7.33. The highest BCUT2D eigenvalue weighted by Gasteiger charge is 2.19. The van der Waals surface area contributed by atoms with Crippen molar-refractivity contribution in [2.24, 2.45) is 0 Å². The van der Waals surface area contributed by atoms with Gasteiger partial charge < -0.3 is 19.7 Å². The van der Waals surface area contributed by atoms with Gasteiger partial charge in [-0.3, -0.25) is 23.7 Å². The number of aromatic nitrogens is 2. The molecule has 2 N–H and O–H groups in total. The van der Waals surface area contributed by atoms with Gasteiger partial charge in [0.1, 0.15) is 0 Å². The van der Waals surface area contributed by atoms with Crippen molar-refractivity contribution in [2.75, 3.05) is 65.7 Å². The van der Waals surface area contributed by atoms with Gasteiger partial charge in [0.15, 0.2) is 0 Å². The Labute approximate surface area is 163 Å². The number of rotatable bonds is 8. The first-order valence-electron chi connectivity index (χ1n) is 9.79. The molecular formula is C18H30N4O6. The molecule has 2 aliphatic rings. The molecule has 3 rings (SSSR count). The summed E-state index contributed by atoms with van der Waals surface area (Å²) in [5.74, 6) is 0. The van der Waals surface area contributed by atoms with Gasteiger partial charge in [-0.1, -0.05) is 0 Å². The Morgan fingerprint density at radius 2 is 1.32 bits per heavy atom. The highest BCUT2D eigenvalue weighted by molar-refractivity contribution is 4.88. The van der Waals surface area contributed by atoms with Crippen molar-refractivity contribution < 1.29 is 19.7 Å². The Morgan fingerprint density at radius 3 is 1.86 bits per heavy atom. The second-order valence-corrected chi connectivity index (χ2v) is 7.33. The van der Waals surface area contributed by atoms with Crippen molar-refractivity contribution in [1.29, 1.82) is 0 Å². The van der Waals surface area contributed by atoms with Crippen LogP contribution in [0.15, 0.2) is 21.9 Å². The third-order valence-corrected chi connectivity index (χ3v) is 5.09. The lowest BCUT2D eigenvalue weighted by Crippen LogP contribution is -2.47. The van der Waals surface area contributed by atoms with Gasteiger partial charge in [0.05, 0.1) is 51.7 Å². The number of morpholine rings is 2. The van der Waals surface area contributed by atoms with Crippen molar-refractivity contribution in [2.45, 2.75) is 25.3 Å². The minimum atomic E-state index is -0.836. The summed E-state index contributed by atoms with van der Waals surface area (Å²) in [4.78, 5) is 29.0. The van der Waals surface area contributed by atoms with Gasteiger partial charge >= 0.3 is 5.69 Å². The molecule has 2 saturated heterocycles. The first-order valence-corrected chi connectivity index (χ1v) is 9.79. The molecule has 0 aromatic carbocycles. The Balaban J connectivity index is 1.60. The zero-order valence-corrected chi connectivity index (χ0v) is 16.1. The van der Waals surface area contributed by atoms with Crippen LogP contribution in [0.25, 0.3) is 0 Å². The van der Waals surface area contributed by atoms with Gasteiger partial charge in [0.2, 0.25) is 0 Å². The van der Waals surface area contributed by atoms with Crippen LogP contribution in [0.3, 0.4) is 0 Å². The summed E-state index contributed by atoms with van der Waals surface area (Å²) < 4.78 is 12.9. The smallest absolute Gasteiger partial charge is 0.331 e. The molecule has 2 fully saturated rings. The van der Waals surface area contributed by atoms with Crippen molar-refractivity contribution in [3.63, 3.8) is 0 Å². The second kappa shape index (κ2) is 10.3. The lowest BCUT2D eigenvalue weighted by Gasteiger charge is -2.29. The lowest BCUT2D eigenvalue weighted by atomic mass is 10.3. The maximum absolute atomic E-state index is 12.7. The van der Waals surface area contributed by atoms with Crippen molar-refractivity contribution in [3.8, 4) is 0 Å². The maximum atomic E-state index is 12.7. The molecule has 0 amide bonds. The van der Waals surface area contributed by atoms with E-state index in [1.54, 1.807) is 0 Å². The summed E-state index contributed by atoms with van der Waals surface area (Å²) in [6.45, 7) is 6.29. The first kappa shape index (κ1) is 21.2. The Morgan fingerprint density at radius 1 is 0.821 bits per heavy atom. The zero-order chi connectivity index (χ0) is 19.9. The molecule has 3 heterocycles. The molecule has 10 nitrogen and oxygen atoms in total. The number of nitrogens with zero attached hydrogens (tertiary/aromatic N) is 4. The number of aliphatic hydroxyl groups is 2. The van der Waals surface area contributed by atoms with Gasteiger partial charge in [0, 0.05) is 51.5 Å². The quantitative estimate of drug-likeness (QED) is 0.491. The predicted molar refractivity (Wildman–Crippen MR) is 101 cm³/mol. The van der Waals surface area contributed by atoms with Gasteiger partial charge in [-0.05, 0) is 0 Å². The summed E-state index contributed by atoms with van der Waals surface area (Å²) in [6, 6.07) is 1.30. The van der Waals surface area contributed by atoms with Crippen LogP contribution < -0.4 is 11.2 Å². The van der Waals surface area contributed by atoms with E-state index < -0.39 is 23.5 Å². The molecule has 2 unspecified atom stereocenters. The van der Waals surface area contributed by atoms with Crippen LogP contribution in [-0.4, -0.2) is 107 Å². The molecule has 2 aliphatic heterocycles. The van der Waals surface area contributed by atoms with Crippen LogP contribution in [0.1, 0.15) is 0 Å². The fourth-order valence-corrected chi connectivity index (χ4v) is 3.58. The Bertz CT molecular complexity index is 724. The van der Waals surface area contributed by atoms with Gasteiger partial charge in [-0.25, -0.2) is 4.79 Å². The average molecular weight is 398 g/mol. The average Bonchev–Trinajstić information content (AvgIpc) is 2.69. The minimum absolute atomic E-state index is 0.0740. The third kappa shape index (κ3) is 5.97. The zero-order valence-electron chi connectivity index (χ0n) is 16.1. The molecule has 1 aromatic rings. The van der Waals surface area contributed by atoms with E-state index in [0.717, 1.165) is 30.7 Å². The number of hydrogen-bond donors (Lipinski definition) is 2. The number of aliphatic hydroxyl groups excluding tert-OH is 2. The first-order chi connectivity index (χ1) is 13.5. The fraction of sp³-hybridized carbons (Fsp3) is 0.778. The largest absolute Gasteiger partial charge is 0.390 e. The van der Waals surface area contributed by atoms with E-state index in [2.05, 4.69) is 4.90 Å². The van der Waals surface area contributed by atoms with Crippen LogP contribution in [0.4, 0.5) is 0 Å². The van der Waals surface area contributed by atoms with Gasteiger partial charge in [0.25, 0.3) is 5.56 Å². The van der Waals surface area contributed by atoms with Gasteiger partial charge in [-0.15, -0.1) is 0 Å². The molecule has 2 atom stereocenters. The fourth-order valence-electron chi connectivity index (χ4n) is 3.58. The molecule has 0 bridgehead atoms. The topological polar surface area (TPSA) is 109 Å². The summed E-state index contributed by atoms with van der Waals surface area (Å²) in [5, 5.41) is 20.7. The minimum Gasteiger partial charge on any atom is -0.390 e. The molecule has 10 heteroatoms. The van der Waals surface area contributed by atoms with Crippen molar-refractivity contribution in [1.82, 2.24) is 18.9 Å². The highest BCUT2D eigenvalue weighted by atomic mass is 16.5. The van der Waals surface area contributed by atoms with Crippen molar-refractivity contribution in [3.05, 3.63) is 33.1 Å². The molecule has 0 saturated carbocycles. The molecule has 0 spiro atoms. The summed E-state index contributed by atoms with van der Waals surface area (Å²) in [7, 11) is 0. The van der Waals surface area contributed by atoms with Crippen LogP contribution in [0.2, 0.25) is 0 Å². The molecule has 1 aromatic heterocycles. The van der Waals surface area contributed by atoms with E-state index in [9.17, 15) is 19.8 Å². The van der Waals surface area contributed by atoms with E-state index >= 15 is 0 Å². The van der Waals surface area contributed by atoms with Crippen LogP contribution in [0.5, 0.6) is 0 Å². The summed E-state index contributed by atoms with van der Waals surface area (Å²) in [5.41, 5.74) is -0.973. The predicted octanol–water partition coefficient (Wildman–Crippen LogP) is -2.60. The van der Waals surface area contributed by atoms with E-state index in [1.165, 1.54) is 16.8 Å². The normalized spacial score (nSPS) is 21.5. The van der Waals surface area contributed by atoms with E-state index in [0.29, 0.717) is 39.5 Å². The molecule has 0 radical (unpaired) electrons. The third-order valence-electron chi connectivity index (χ3n) is 5.09. The molecule has 158 valence electrons. The number of ether oxygens (including phenoxy) is 2.